The zero-order chi connectivity index (χ0) is 23.8. The van der Waals surface area contributed by atoms with Crippen LogP contribution in [0.25, 0.3) is 10.2 Å². The molecule has 1 aliphatic rings. The zero-order valence-electron chi connectivity index (χ0n) is 19.4. The molecule has 2 heterocycles. The molecule has 8 nitrogen and oxygen atoms in total. The van der Waals surface area contributed by atoms with E-state index < -0.39 is 5.97 Å². The summed E-state index contributed by atoms with van der Waals surface area (Å²) in [4.78, 5) is 44.0. The average molecular weight is 494 g/mol. The average Bonchev–Trinajstić information content (AvgIpc) is 3.14. The molecule has 0 spiro atoms. The summed E-state index contributed by atoms with van der Waals surface area (Å²) in [7, 11) is 1.58. The predicted octanol–water partition coefficient (Wildman–Crippen LogP) is 3.23. The number of methoxy groups -OCH3 is 1. The number of piperidine rings is 1. The SMILES string of the molecule is CCOC(=O)Cn1c(=NC(=O)CSCC(=O)N2CCCCC2CC)sc2cc(OC)ccc21. The lowest BCUT2D eigenvalue weighted by atomic mass is 10.0. The number of thioether (sulfide) groups is 1. The molecule has 180 valence electrons. The second-order valence-electron chi connectivity index (χ2n) is 7.75. The number of nitrogens with zero attached hydrogens (tertiary/aromatic N) is 3. The van der Waals surface area contributed by atoms with Gasteiger partial charge in [0.15, 0.2) is 4.80 Å². The number of thiazole rings is 1. The third-order valence-electron chi connectivity index (χ3n) is 5.57. The molecule has 0 radical (unpaired) electrons. The number of carbonyl (C=O) groups excluding carboxylic acids is 3. The van der Waals surface area contributed by atoms with Crippen LogP contribution < -0.4 is 9.54 Å². The van der Waals surface area contributed by atoms with Crippen LogP contribution in [0.1, 0.15) is 39.5 Å². The molecule has 2 amide bonds. The Morgan fingerprint density at radius 3 is 2.76 bits per heavy atom. The molecular weight excluding hydrogens is 462 g/mol. The van der Waals surface area contributed by atoms with Gasteiger partial charge >= 0.3 is 5.97 Å². The second-order valence-corrected chi connectivity index (χ2v) is 9.75. The second kappa shape index (κ2) is 12.2. The fourth-order valence-electron chi connectivity index (χ4n) is 3.96. The Bertz CT molecular complexity index is 1060. The third-order valence-corrected chi connectivity index (χ3v) is 7.52. The molecule has 0 aliphatic carbocycles. The topological polar surface area (TPSA) is 90.2 Å². The number of fused-ring (bicyclic) bond motifs is 1. The summed E-state index contributed by atoms with van der Waals surface area (Å²) >= 11 is 2.60. The lowest BCUT2D eigenvalue weighted by molar-refractivity contribution is -0.143. The highest BCUT2D eigenvalue weighted by atomic mass is 32.2. The van der Waals surface area contributed by atoms with Gasteiger partial charge in [0.25, 0.3) is 5.91 Å². The van der Waals surface area contributed by atoms with Crippen molar-refractivity contribution in [2.45, 2.75) is 52.1 Å². The van der Waals surface area contributed by atoms with Crippen LogP contribution in [-0.2, 0) is 25.7 Å². The van der Waals surface area contributed by atoms with E-state index in [0.717, 1.165) is 36.0 Å². The van der Waals surface area contributed by atoms with Crippen LogP contribution in [-0.4, -0.2) is 65.1 Å². The molecule has 0 saturated carbocycles. The first-order chi connectivity index (χ1) is 16.0. The van der Waals surface area contributed by atoms with Crippen molar-refractivity contribution in [1.82, 2.24) is 9.47 Å². The minimum absolute atomic E-state index is 0.0364. The van der Waals surface area contributed by atoms with Gasteiger partial charge in [-0.25, -0.2) is 0 Å². The van der Waals surface area contributed by atoms with E-state index in [1.165, 1.54) is 29.5 Å². The molecule has 1 aromatic carbocycles. The molecule has 1 aliphatic heterocycles. The fourth-order valence-corrected chi connectivity index (χ4v) is 5.71. The van der Waals surface area contributed by atoms with Gasteiger partial charge < -0.3 is 18.9 Å². The number of rotatable bonds is 9. The molecule has 1 atom stereocenters. The van der Waals surface area contributed by atoms with Gasteiger partial charge in [0.2, 0.25) is 5.91 Å². The quantitative estimate of drug-likeness (QED) is 0.498. The van der Waals surface area contributed by atoms with E-state index in [0.29, 0.717) is 16.6 Å². The van der Waals surface area contributed by atoms with Crippen LogP contribution in [0.5, 0.6) is 5.75 Å². The van der Waals surface area contributed by atoms with Gasteiger partial charge in [0, 0.05) is 12.6 Å². The van der Waals surface area contributed by atoms with Crippen molar-refractivity contribution in [3.8, 4) is 5.75 Å². The maximum absolute atomic E-state index is 12.6. The Morgan fingerprint density at radius 1 is 1.21 bits per heavy atom. The van der Waals surface area contributed by atoms with E-state index in [2.05, 4.69) is 11.9 Å². The number of ether oxygens (including phenoxy) is 2. The largest absolute Gasteiger partial charge is 0.497 e. The van der Waals surface area contributed by atoms with E-state index in [1.807, 2.05) is 17.0 Å². The van der Waals surface area contributed by atoms with Gasteiger partial charge in [0.05, 0.1) is 35.4 Å². The van der Waals surface area contributed by atoms with Gasteiger partial charge in [-0.1, -0.05) is 18.3 Å². The van der Waals surface area contributed by atoms with Crippen LogP contribution >= 0.6 is 23.1 Å². The number of carbonyl (C=O) groups is 3. The van der Waals surface area contributed by atoms with Gasteiger partial charge in [-0.3, -0.25) is 14.4 Å². The Morgan fingerprint density at radius 2 is 2.03 bits per heavy atom. The molecule has 1 aromatic heterocycles. The summed E-state index contributed by atoms with van der Waals surface area (Å²) in [5.74, 6) is 0.411. The van der Waals surface area contributed by atoms with Gasteiger partial charge in [-0.15, -0.1) is 11.8 Å². The third kappa shape index (κ3) is 6.60. The summed E-state index contributed by atoms with van der Waals surface area (Å²) in [6.45, 7) is 4.90. The fraction of sp³-hybridized carbons (Fsp3) is 0.565. The standard InChI is InChI=1S/C23H31N3O5S2/c1-4-16-8-6-7-11-25(16)21(28)15-32-14-20(27)24-23-26(13-22(29)31-5-2)18-10-9-17(30-3)12-19(18)33-23/h9-10,12,16H,4-8,11,13-15H2,1-3H3. The zero-order valence-corrected chi connectivity index (χ0v) is 21.0. The van der Waals surface area contributed by atoms with Gasteiger partial charge in [-0.2, -0.15) is 4.99 Å². The first-order valence-corrected chi connectivity index (χ1v) is 13.2. The summed E-state index contributed by atoms with van der Waals surface area (Å²) in [6.07, 6.45) is 4.22. The van der Waals surface area contributed by atoms with E-state index in [1.54, 1.807) is 24.7 Å². The maximum atomic E-state index is 12.6. The van der Waals surface area contributed by atoms with Crippen molar-refractivity contribution in [2.24, 2.45) is 4.99 Å². The van der Waals surface area contributed by atoms with Crippen molar-refractivity contribution in [3.05, 3.63) is 23.0 Å². The van der Waals surface area contributed by atoms with Crippen molar-refractivity contribution in [3.63, 3.8) is 0 Å². The normalized spacial score (nSPS) is 16.8. The molecule has 3 rings (SSSR count). The number of benzene rings is 1. The lowest BCUT2D eigenvalue weighted by Crippen LogP contribution is -2.44. The van der Waals surface area contributed by atoms with Gasteiger partial charge in [-0.05, 0) is 50.8 Å². The molecule has 33 heavy (non-hydrogen) atoms. The Kier molecular flexibility index (Phi) is 9.37. The van der Waals surface area contributed by atoms with E-state index >= 15 is 0 Å². The summed E-state index contributed by atoms with van der Waals surface area (Å²) in [5.41, 5.74) is 0.777. The molecule has 1 fully saturated rings. The Labute approximate surface area is 202 Å². The Balaban J connectivity index is 1.72. The highest BCUT2D eigenvalue weighted by Crippen LogP contribution is 2.23. The highest BCUT2D eigenvalue weighted by Gasteiger charge is 2.25. The predicted molar refractivity (Wildman–Crippen MR) is 131 cm³/mol. The smallest absolute Gasteiger partial charge is 0.326 e. The van der Waals surface area contributed by atoms with E-state index in [4.69, 9.17) is 9.47 Å². The number of likely N-dealkylation sites (tertiary alicyclic amines) is 1. The number of amides is 2. The van der Waals surface area contributed by atoms with E-state index in [-0.39, 0.29) is 36.5 Å². The van der Waals surface area contributed by atoms with Crippen LogP contribution in [0.4, 0.5) is 0 Å². The first-order valence-electron chi connectivity index (χ1n) is 11.2. The summed E-state index contributed by atoms with van der Waals surface area (Å²) in [6, 6.07) is 5.79. The summed E-state index contributed by atoms with van der Waals surface area (Å²) < 4.78 is 12.9. The monoisotopic (exact) mass is 493 g/mol. The summed E-state index contributed by atoms with van der Waals surface area (Å²) in [5, 5.41) is 0. The molecule has 1 saturated heterocycles. The number of hydrogen-bond acceptors (Lipinski definition) is 7. The molecule has 0 N–H and O–H groups in total. The van der Waals surface area contributed by atoms with E-state index in [9.17, 15) is 14.4 Å². The number of esters is 1. The minimum Gasteiger partial charge on any atom is -0.497 e. The highest BCUT2D eigenvalue weighted by molar-refractivity contribution is 8.00. The number of aromatic nitrogens is 1. The molecule has 1 unspecified atom stereocenters. The number of hydrogen-bond donors (Lipinski definition) is 0. The first kappa shape index (κ1) is 25.3. The van der Waals surface area contributed by atoms with Crippen molar-refractivity contribution in [1.29, 1.82) is 0 Å². The lowest BCUT2D eigenvalue weighted by Gasteiger charge is -2.35. The van der Waals surface area contributed by atoms with Crippen molar-refractivity contribution < 1.29 is 23.9 Å². The minimum atomic E-state index is -0.395. The van der Waals surface area contributed by atoms with Crippen LogP contribution in [0.15, 0.2) is 23.2 Å². The van der Waals surface area contributed by atoms with Crippen LogP contribution in [0.2, 0.25) is 0 Å². The molecule has 0 bridgehead atoms. The van der Waals surface area contributed by atoms with Crippen molar-refractivity contribution >= 4 is 51.1 Å². The van der Waals surface area contributed by atoms with Crippen LogP contribution in [0, 0.1) is 0 Å². The maximum Gasteiger partial charge on any atom is 0.326 e. The van der Waals surface area contributed by atoms with Crippen molar-refractivity contribution in [2.75, 3.05) is 31.8 Å². The molecular formula is C23H31N3O5S2. The Hall–Kier alpha value is -2.33. The molecule has 2 aromatic rings. The molecule has 10 heteroatoms. The van der Waals surface area contributed by atoms with Gasteiger partial charge in [0.1, 0.15) is 12.3 Å². The van der Waals surface area contributed by atoms with Crippen LogP contribution in [0.3, 0.4) is 0 Å².